The Balaban J connectivity index is 1.65. The number of carbonyl (C=O) groups is 2. The van der Waals surface area contributed by atoms with Crippen LogP contribution in [0.4, 0.5) is 5.69 Å². The van der Waals surface area contributed by atoms with Gasteiger partial charge in [0.15, 0.2) is 0 Å². The zero-order valence-corrected chi connectivity index (χ0v) is 14.8. The Morgan fingerprint density at radius 3 is 2.68 bits per heavy atom. The Hall–Kier alpha value is -2.26. The maximum Gasteiger partial charge on any atom is 0.356 e. The highest BCUT2D eigenvalue weighted by Gasteiger charge is 2.56. The molecule has 0 saturated carbocycles. The number of rotatable bonds is 5. The van der Waals surface area contributed by atoms with Gasteiger partial charge in [0.2, 0.25) is 5.91 Å². The van der Waals surface area contributed by atoms with Crippen LogP contribution in [0.25, 0.3) is 0 Å². The van der Waals surface area contributed by atoms with Crippen LogP contribution in [0.2, 0.25) is 0 Å². The SMILES string of the molecule is CC(O)C1C(=O)N2C(C(=O)OCc3ccc([N+](=O)[O-])cc3)=C(Br)CC12. The lowest BCUT2D eigenvalue weighted by atomic mass is 9.83. The molecule has 3 rings (SSSR count). The number of nitro benzene ring substituents is 1. The molecule has 2 aliphatic heterocycles. The van der Waals surface area contributed by atoms with E-state index in [4.69, 9.17) is 4.74 Å². The first-order valence-electron chi connectivity index (χ1n) is 7.61. The first kappa shape index (κ1) is 17.6. The van der Waals surface area contributed by atoms with Crippen molar-refractivity contribution in [1.29, 1.82) is 0 Å². The van der Waals surface area contributed by atoms with Crippen molar-refractivity contribution < 1.29 is 24.4 Å². The Kier molecular flexibility index (Phi) is 4.61. The van der Waals surface area contributed by atoms with Gasteiger partial charge in [-0.15, -0.1) is 0 Å². The predicted molar refractivity (Wildman–Crippen MR) is 89.3 cm³/mol. The average molecular weight is 411 g/mol. The van der Waals surface area contributed by atoms with Crippen LogP contribution in [-0.4, -0.2) is 39.0 Å². The van der Waals surface area contributed by atoms with Crippen molar-refractivity contribution in [2.45, 2.75) is 32.1 Å². The molecule has 1 fully saturated rings. The van der Waals surface area contributed by atoms with Gasteiger partial charge in [0, 0.05) is 23.0 Å². The van der Waals surface area contributed by atoms with Crippen LogP contribution in [0, 0.1) is 16.0 Å². The molecule has 2 aliphatic rings. The molecule has 3 atom stereocenters. The molecule has 8 nitrogen and oxygen atoms in total. The highest BCUT2D eigenvalue weighted by atomic mass is 79.9. The summed E-state index contributed by atoms with van der Waals surface area (Å²) in [5.41, 5.74) is 0.713. The number of esters is 1. The summed E-state index contributed by atoms with van der Waals surface area (Å²) < 4.78 is 5.80. The van der Waals surface area contributed by atoms with Crippen molar-refractivity contribution in [3.8, 4) is 0 Å². The Morgan fingerprint density at radius 2 is 2.12 bits per heavy atom. The van der Waals surface area contributed by atoms with E-state index in [1.165, 1.54) is 29.2 Å². The number of hydrogen-bond acceptors (Lipinski definition) is 6. The van der Waals surface area contributed by atoms with Crippen LogP contribution in [0.3, 0.4) is 0 Å². The molecule has 1 N–H and O–H groups in total. The second kappa shape index (κ2) is 6.57. The van der Waals surface area contributed by atoms with Gasteiger partial charge in [0.05, 0.1) is 23.0 Å². The van der Waals surface area contributed by atoms with Gasteiger partial charge in [0.1, 0.15) is 12.3 Å². The maximum atomic E-state index is 12.3. The summed E-state index contributed by atoms with van der Waals surface area (Å²) in [6, 6.07) is 5.44. The van der Waals surface area contributed by atoms with Gasteiger partial charge in [-0.2, -0.15) is 0 Å². The number of amides is 1. The van der Waals surface area contributed by atoms with Crippen molar-refractivity contribution in [3.05, 3.63) is 50.1 Å². The molecule has 0 aliphatic carbocycles. The molecule has 1 aromatic rings. The molecule has 25 heavy (non-hydrogen) atoms. The third-order valence-corrected chi connectivity index (χ3v) is 5.08. The first-order chi connectivity index (χ1) is 11.8. The lowest BCUT2D eigenvalue weighted by molar-refractivity contribution is -0.384. The van der Waals surface area contributed by atoms with Crippen molar-refractivity contribution in [3.63, 3.8) is 0 Å². The van der Waals surface area contributed by atoms with Gasteiger partial charge in [-0.05, 0) is 24.6 Å². The summed E-state index contributed by atoms with van der Waals surface area (Å²) in [6.07, 6.45) is -0.312. The van der Waals surface area contributed by atoms with Crippen LogP contribution in [0.1, 0.15) is 18.9 Å². The Bertz CT molecular complexity index is 773. The quantitative estimate of drug-likeness (QED) is 0.343. The van der Waals surface area contributed by atoms with Crippen LogP contribution in [-0.2, 0) is 20.9 Å². The molecule has 1 aromatic carbocycles. The number of nitro groups is 1. The number of carbonyl (C=O) groups excluding carboxylic acids is 2. The molecule has 1 amide bonds. The van der Waals surface area contributed by atoms with Gasteiger partial charge in [-0.3, -0.25) is 14.9 Å². The Labute approximate surface area is 151 Å². The second-order valence-electron chi connectivity index (χ2n) is 6.00. The van der Waals surface area contributed by atoms with Crippen molar-refractivity contribution in [2.75, 3.05) is 0 Å². The fourth-order valence-electron chi connectivity index (χ4n) is 3.14. The number of β-lactam (4-membered cyclic amide) rings is 1. The standard InChI is InChI=1S/C16H15BrN2O6/c1-8(20)13-12-6-11(17)14(18(12)15(13)21)16(22)25-7-9-2-4-10(5-3-9)19(23)24/h2-5,8,12-13,20H,6-7H2,1H3. The molecule has 0 spiro atoms. The Morgan fingerprint density at radius 1 is 1.48 bits per heavy atom. The van der Waals surface area contributed by atoms with Gasteiger partial charge in [-0.1, -0.05) is 15.9 Å². The summed E-state index contributed by atoms with van der Waals surface area (Å²) in [7, 11) is 0. The van der Waals surface area contributed by atoms with E-state index in [-0.39, 0.29) is 29.9 Å². The third kappa shape index (κ3) is 3.05. The molecule has 1 saturated heterocycles. The van der Waals surface area contributed by atoms with E-state index in [1.807, 2.05) is 0 Å². The van der Waals surface area contributed by atoms with Crippen molar-refractivity contribution >= 4 is 33.5 Å². The van der Waals surface area contributed by atoms with E-state index in [9.17, 15) is 24.8 Å². The van der Waals surface area contributed by atoms with E-state index in [0.717, 1.165) is 0 Å². The zero-order valence-electron chi connectivity index (χ0n) is 13.2. The monoisotopic (exact) mass is 410 g/mol. The van der Waals surface area contributed by atoms with Crippen LogP contribution in [0.15, 0.2) is 34.4 Å². The number of non-ortho nitro benzene ring substituents is 1. The average Bonchev–Trinajstić information content (AvgIpc) is 2.85. The molecule has 9 heteroatoms. The van der Waals surface area contributed by atoms with Gasteiger partial charge in [-0.25, -0.2) is 4.79 Å². The van der Waals surface area contributed by atoms with Gasteiger partial charge < -0.3 is 14.7 Å². The number of hydrogen-bond donors (Lipinski definition) is 1. The van der Waals surface area contributed by atoms with Crippen LogP contribution in [0.5, 0.6) is 0 Å². The fourth-order valence-corrected chi connectivity index (χ4v) is 3.83. The minimum Gasteiger partial charge on any atom is -0.456 e. The minimum absolute atomic E-state index is 0.0468. The van der Waals surface area contributed by atoms with Crippen LogP contribution >= 0.6 is 15.9 Å². The number of fused-ring (bicyclic) bond motifs is 1. The topological polar surface area (TPSA) is 110 Å². The summed E-state index contributed by atoms with van der Waals surface area (Å²) in [4.78, 5) is 36.0. The molecule has 3 unspecified atom stereocenters. The molecule has 132 valence electrons. The zero-order chi connectivity index (χ0) is 18.3. The van der Waals surface area contributed by atoms with E-state index in [2.05, 4.69) is 15.9 Å². The number of ether oxygens (including phenoxy) is 1. The number of aliphatic hydroxyl groups is 1. The van der Waals surface area contributed by atoms with E-state index < -0.39 is 22.9 Å². The molecule has 0 bridgehead atoms. The smallest absolute Gasteiger partial charge is 0.356 e. The molecule has 0 radical (unpaired) electrons. The summed E-state index contributed by atoms with van der Waals surface area (Å²) >= 11 is 3.31. The highest BCUT2D eigenvalue weighted by Crippen LogP contribution is 2.45. The number of nitrogens with zero attached hydrogens (tertiary/aromatic N) is 2. The summed E-state index contributed by atoms with van der Waals surface area (Å²) in [5, 5.41) is 20.3. The van der Waals surface area contributed by atoms with Gasteiger partial charge in [0.25, 0.3) is 5.69 Å². The van der Waals surface area contributed by atoms with Gasteiger partial charge >= 0.3 is 5.97 Å². The molecule has 0 aromatic heterocycles. The van der Waals surface area contributed by atoms with Crippen molar-refractivity contribution in [1.82, 2.24) is 4.90 Å². The molecular weight excluding hydrogens is 396 g/mol. The maximum absolute atomic E-state index is 12.3. The highest BCUT2D eigenvalue weighted by molar-refractivity contribution is 9.11. The van der Waals surface area contributed by atoms with E-state index in [1.54, 1.807) is 6.92 Å². The van der Waals surface area contributed by atoms with Crippen LogP contribution < -0.4 is 0 Å². The van der Waals surface area contributed by atoms with E-state index in [0.29, 0.717) is 16.5 Å². The lowest BCUT2D eigenvalue weighted by Crippen LogP contribution is -2.61. The largest absolute Gasteiger partial charge is 0.456 e. The predicted octanol–water partition coefficient (Wildman–Crippen LogP) is 1.86. The molecule has 2 heterocycles. The third-order valence-electron chi connectivity index (χ3n) is 4.39. The van der Waals surface area contributed by atoms with E-state index >= 15 is 0 Å². The number of halogens is 1. The normalized spacial score (nSPS) is 23.2. The summed E-state index contributed by atoms with van der Waals surface area (Å²) in [6.45, 7) is 1.49. The lowest BCUT2D eigenvalue weighted by Gasteiger charge is -2.44. The molecular formula is C16H15BrN2O6. The number of benzene rings is 1. The second-order valence-corrected chi connectivity index (χ2v) is 6.96. The number of aliphatic hydroxyl groups excluding tert-OH is 1. The van der Waals surface area contributed by atoms with Crippen molar-refractivity contribution in [2.24, 2.45) is 5.92 Å². The first-order valence-corrected chi connectivity index (χ1v) is 8.40. The fraction of sp³-hybridized carbons (Fsp3) is 0.375. The minimum atomic E-state index is -0.774. The summed E-state index contributed by atoms with van der Waals surface area (Å²) in [5.74, 6) is -1.45.